The van der Waals surface area contributed by atoms with Crippen LogP contribution in [0, 0.1) is 5.82 Å². The second-order valence-electron chi connectivity index (χ2n) is 3.37. The van der Waals surface area contributed by atoms with Gasteiger partial charge in [-0.1, -0.05) is 18.2 Å². The maximum atomic E-state index is 13.2. The zero-order valence-electron chi connectivity index (χ0n) is 8.91. The quantitative estimate of drug-likeness (QED) is 0.848. The molecule has 0 atom stereocenters. The van der Waals surface area contributed by atoms with Crippen molar-refractivity contribution in [1.29, 1.82) is 0 Å². The van der Waals surface area contributed by atoms with Crippen LogP contribution in [-0.2, 0) is 0 Å². The van der Waals surface area contributed by atoms with Gasteiger partial charge in [0.15, 0.2) is 0 Å². The van der Waals surface area contributed by atoms with Crippen molar-refractivity contribution in [2.75, 3.05) is 12.4 Å². The summed E-state index contributed by atoms with van der Waals surface area (Å²) in [4.78, 5) is 0. The first-order valence-electron chi connectivity index (χ1n) is 4.94. The van der Waals surface area contributed by atoms with Gasteiger partial charge < -0.3 is 10.1 Å². The number of ether oxygens (including phenoxy) is 1. The van der Waals surface area contributed by atoms with Crippen LogP contribution in [0.5, 0.6) is 5.75 Å². The number of methoxy groups -OCH3 is 1. The fourth-order valence-electron chi connectivity index (χ4n) is 1.44. The largest absolute Gasteiger partial charge is 0.497 e. The second-order valence-corrected chi connectivity index (χ2v) is 3.37. The van der Waals surface area contributed by atoms with E-state index in [1.807, 2.05) is 30.3 Å². The van der Waals surface area contributed by atoms with E-state index in [-0.39, 0.29) is 5.82 Å². The van der Waals surface area contributed by atoms with Gasteiger partial charge in [0, 0.05) is 23.5 Å². The Morgan fingerprint density at radius 3 is 2.44 bits per heavy atom. The van der Waals surface area contributed by atoms with E-state index in [0.717, 1.165) is 5.69 Å². The minimum atomic E-state index is -0.321. The molecule has 0 saturated heterocycles. The van der Waals surface area contributed by atoms with Crippen LogP contribution in [-0.4, -0.2) is 7.11 Å². The minimum absolute atomic E-state index is 0.321. The van der Waals surface area contributed by atoms with Crippen molar-refractivity contribution < 1.29 is 9.13 Å². The molecule has 2 rings (SSSR count). The minimum Gasteiger partial charge on any atom is -0.497 e. The molecule has 0 fully saturated rings. The maximum Gasteiger partial charge on any atom is 0.128 e. The van der Waals surface area contributed by atoms with Gasteiger partial charge in [-0.3, -0.25) is 0 Å². The summed E-state index contributed by atoms with van der Waals surface area (Å²) in [7, 11) is 1.51. The highest BCUT2D eigenvalue weighted by Crippen LogP contribution is 2.22. The molecule has 82 valence electrons. The van der Waals surface area contributed by atoms with Gasteiger partial charge >= 0.3 is 0 Å². The van der Waals surface area contributed by atoms with Gasteiger partial charge in [-0.2, -0.15) is 0 Å². The van der Waals surface area contributed by atoms with E-state index in [0.29, 0.717) is 11.4 Å². The average Bonchev–Trinajstić information content (AvgIpc) is 2.29. The average molecular weight is 217 g/mol. The molecular weight excluding hydrogens is 205 g/mol. The van der Waals surface area contributed by atoms with Crippen LogP contribution in [0.1, 0.15) is 0 Å². The normalized spacial score (nSPS) is 9.88. The molecule has 3 heteroatoms. The molecular formula is C13H12FNO. The number of anilines is 2. The molecule has 0 spiro atoms. The fraction of sp³-hybridized carbons (Fsp3) is 0.0769. The summed E-state index contributed by atoms with van der Waals surface area (Å²) in [5.74, 6) is 0.177. The monoisotopic (exact) mass is 217 g/mol. The van der Waals surface area contributed by atoms with Crippen LogP contribution in [0.4, 0.5) is 15.8 Å². The molecule has 0 saturated carbocycles. The lowest BCUT2D eigenvalue weighted by Gasteiger charge is -2.08. The molecule has 2 aromatic carbocycles. The zero-order valence-corrected chi connectivity index (χ0v) is 8.91. The summed E-state index contributed by atoms with van der Waals surface area (Å²) in [5.41, 5.74) is 1.58. The Kier molecular flexibility index (Phi) is 3.05. The number of para-hydroxylation sites is 1. The Hall–Kier alpha value is -2.03. The summed E-state index contributed by atoms with van der Waals surface area (Å²) in [6.07, 6.45) is 0. The molecule has 0 radical (unpaired) electrons. The van der Waals surface area contributed by atoms with Crippen molar-refractivity contribution >= 4 is 11.4 Å². The summed E-state index contributed by atoms with van der Waals surface area (Å²) in [6.45, 7) is 0. The third-order valence-electron chi connectivity index (χ3n) is 2.17. The first kappa shape index (κ1) is 10.5. The lowest BCUT2D eigenvalue weighted by Crippen LogP contribution is -1.92. The van der Waals surface area contributed by atoms with Gasteiger partial charge in [0.2, 0.25) is 0 Å². The van der Waals surface area contributed by atoms with Crippen molar-refractivity contribution in [3.8, 4) is 5.75 Å². The number of benzene rings is 2. The van der Waals surface area contributed by atoms with E-state index in [9.17, 15) is 4.39 Å². The first-order valence-corrected chi connectivity index (χ1v) is 4.94. The summed E-state index contributed by atoms with van der Waals surface area (Å²) >= 11 is 0. The van der Waals surface area contributed by atoms with Gasteiger partial charge in [0.1, 0.15) is 11.6 Å². The van der Waals surface area contributed by atoms with Crippen LogP contribution >= 0.6 is 0 Å². The van der Waals surface area contributed by atoms with Crippen molar-refractivity contribution in [3.63, 3.8) is 0 Å². The molecule has 0 aliphatic heterocycles. The van der Waals surface area contributed by atoms with E-state index >= 15 is 0 Å². The third kappa shape index (κ3) is 2.51. The summed E-state index contributed by atoms with van der Waals surface area (Å²) in [6, 6.07) is 14.1. The lowest BCUT2D eigenvalue weighted by atomic mass is 10.2. The standard InChI is InChI=1S/C13H12FNO/c1-16-13-8-10(14)7-12(9-13)15-11-5-3-2-4-6-11/h2-9,15H,1H3. The van der Waals surface area contributed by atoms with Crippen LogP contribution in [0.2, 0.25) is 0 Å². The zero-order chi connectivity index (χ0) is 11.4. The van der Waals surface area contributed by atoms with Gasteiger partial charge in [-0.05, 0) is 18.2 Å². The highest BCUT2D eigenvalue weighted by Gasteiger charge is 2.00. The SMILES string of the molecule is COc1cc(F)cc(Nc2ccccc2)c1. The fourth-order valence-corrected chi connectivity index (χ4v) is 1.44. The van der Waals surface area contributed by atoms with Crippen LogP contribution < -0.4 is 10.1 Å². The third-order valence-corrected chi connectivity index (χ3v) is 2.17. The number of rotatable bonds is 3. The molecule has 0 heterocycles. The molecule has 0 bridgehead atoms. The Balaban J connectivity index is 2.24. The summed E-state index contributed by atoms with van der Waals surface area (Å²) in [5, 5.41) is 3.10. The lowest BCUT2D eigenvalue weighted by molar-refractivity contribution is 0.411. The van der Waals surface area contributed by atoms with Crippen LogP contribution in [0.15, 0.2) is 48.5 Å². The number of halogens is 1. The molecule has 0 aliphatic carbocycles. The molecule has 0 aromatic heterocycles. The Morgan fingerprint density at radius 1 is 1.00 bits per heavy atom. The highest BCUT2D eigenvalue weighted by molar-refractivity contribution is 5.61. The first-order chi connectivity index (χ1) is 7.78. The molecule has 2 nitrogen and oxygen atoms in total. The Morgan fingerprint density at radius 2 is 1.75 bits per heavy atom. The Labute approximate surface area is 93.7 Å². The molecule has 1 N–H and O–H groups in total. The maximum absolute atomic E-state index is 13.2. The Bertz CT molecular complexity index is 471. The number of hydrogen-bond acceptors (Lipinski definition) is 2. The molecule has 0 unspecified atom stereocenters. The number of hydrogen-bond donors (Lipinski definition) is 1. The molecule has 0 aliphatic rings. The van der Waals surface area contributed by atoms with Gasteiger partial charge in [-0.25, -0.2) is 4.39 Å². The predicted octanol–water partition coefficient (Wildman–Crippen LogP) is 3.58. The molecule has 16 heavy (non-hydrogen) atoms. The van der Waals surface area contributed by atoms with Gasteiger partial charge in [0.25, 0.3) is 0 Å². The van der Waals surface area contributed by atoms with Crippen LogP contribution in [0.3, 0.4) is 0 Å². The van der Waals surface area contributed by atoms with Gasteiger partial charge in [0.05, 0.1) is 7.11 Å². The molecule has 0 amide bonds. The topological polar surface area (TPSA) is 21.3 Å². The molecule has 2 aromatic rings. The van der Waals surface area contributed by atoms with E-state index in [1.165, 1.54) is 19.2 Å². The van der Waals surface area contributed by atoms with Crippen molar-refractivity contribution in [3.05, 3.63) is 54.3 Å². The van der Waals surface area contributed by atoms with E-state index in [4.69, 9.17) is 4.74 Å². The number of nitrogens with one attached hydrogen (secondary N) is 1. The van der Waals surface area contributed by atoms with E-state index in [2.05, 4.69) is 5.32 Å². The summed E-state index contributed by atoms with van der Waals surface area (Å²) < 4.78 is 18.2. The highest BCUT2D eigenvalue weighted by atomic mass is 19.1. The van der Waals surface area contributed by atoms with Crippen molar-refractivity contribution in [2.45, 2.75) is 0 Å². The van der Waals surface area contributed by atoms with Crippen LogP contribution in [0.25, 0.3) is 0 Å². The second kappa shape index (κ2) is 4.66. The van der Waals surface area contributed by atoms with E-state index in [1.54, 1.807) is 6.07 Å². The van der Waals surface area contributed by atoms with E-state index < -0.39 is 0 Å². The smallest absolute Gasteiger partial charge is 0.128 e. The predicted molar refractivity (Wildman–Crippen MR) is 62.7 cm³/mol. The van der Waals surface area contributed by atoms with Crippen molar-refractivity contribution in [1.82, 2.24) is 0 Å². The van der Waals surface area contributed by atoms with Gasteiger partial charge in [-0.15, -0.1) is 0 Å². The van der Waals surface area contributed by atoms with Crippen molar-refractivity contribution in [2.24, 2.45) is 0 Å².